The first kappa shape index (κ1) is 23.5. The molecule has 0 bridgehead atoms. The van der Waals surface area contributed by atoms with Gasteiger partial charge in [0.15, 0.2) is 0 Å². The average molecular weight is 464 g/mol. The smallest absolute Gasteiger partial charge is 0.100 e. The molecule has 0 saturated heterocycles. The third-order valence-electron chi connectivity index (χ3n) is 5.17. The zero-order chi connectivity index (χ0) is 21.6. The van der Waals surface area contributed by atoms with Crippen LogP contribution in [0.15, 0.2) is 79.1 Å². The Morgan fingerprint density at radius 1 is 1.00 bits per heavy atom. The van der Waals surface area contributed by atoms with E-state index in [1.165, 1.54) is 5.56 Å². The van der Waals surface area contributed by atoms with Gasteiger partial charge in [0.05, 0.1) is 29.8 Å². The molecule has 1 atom stereocenters. The van der Waals surface area contributed by atoms with Gasteiger partial charge in [-0.25, -0.2) is 0 Å². The number of nitriles is 1. The molecule has 0 saturated carbocycles. The van der Waals surface area contributed by atoms with E-state index in [0.717, 1.165) is 34.5 Å². The highest BCUT2D eigenvalue weighted by molar-refractivity contribution is 6.17. The molecule has 2 aromatic carbocycles. The molecule has 0 radical (unpaired) electrons. The molecule has 2 aromatic heterocycles. The van der Waals surface area contributed by atoms with Crippen LogP contribution in [0.4, 0.5) is 0 Å². The van der Waals surface area contributed by atoms with E-state index in [4.69, 9.17) is 22.4 Å². The Labute approximate surface area is 198 Å². The van der Waals surface area contributed by atoms with Gasteiger partial charge < -0.3 is 5.73 Å². The molecule has 0 unspecified atom stereocenters. The molecule has 2 heterocycles. The van der Waals surface area contributed by atoms with Crippen molar-refractivity contribution < 1.29 is 0 Å². The van der Waals surface area contributed by atoms with Crippen molar-refractivity contribution in [3.05, 3.63) is 95.9 Å². The van der Waals surface area contributed by atoms with E-state index < -0.39 is 0 Å². The second kappa shape index (κ2) is 10.9. The van der Waals surface area contributed by atoms with Crippen LogP contribution in [-0.4, -0.2) is 20.8 Å². The first-order valence-corrected chi connectivity index (χ1v) is 10.6. The van der Waals surface area contributed by atoms with Crippen molar-refractivity contribution >= 4 is 24.0 Å². The largest absolute Gasteiger partial charge is 0.326 e. The van der Waals surface area contributed by atoms with Gasteiger partial charge in [0.2, 0.25) is 0 Å². The number of aromatic nitrogens is 3. The highest BCUT2D eigenvalue weighted by Crippen LogP contribution is 2.35. The molecule has 4 rings (SSSR count). The molecule has 32 heavy (non-hydrogen) atoms. The molecular formula is C25H23Cl2N5. The maximum atomic E-state index is 9.34. The number of benzene rings is 2. The normalized spacial score (nSPS) is 11.4. The third-order valence-corrected chi connectivity index (χ3v) is 5.42. The molecule has 7 heteroatoms. The Hall–Kier alpha value is -3.17. The monoisotopic (exact) mass is 463 g/mol. The lowest BCUT2D eigenvalue weighted by Gasteiger charge is -2.14. The van der Waals surface area contributed by atoms with Crippen LogP contribution in [0.1, 0.15) is 16.8 Å². The van der Waals surface area contributed by atoms with Crippen molar-refractivity contribution in [2.24, 2.45) is 5.73 Å². The Morgan fingerprint density at radius 3 is 2.44 bits per heavy atom. The first-order chi connectivity index (χ1) is 15.2. The van der Waals surface area contributed by atoms with Crippen LogP contribution in [0.3, 0.4) is 0 Å². The highest BCUT2D eigenvalue weighted by Gasteiger charge is 2.21. The summed E-state index contributed by atoms with van der Waals surface area (Å²) in [5.74, 6) is 0.292. The van der Waals surface area contributed by atoms with E-state index in [0.29, 0.717) is 18.0 Å². The minimum Gasteiger partial charge on any atom is -0.326 e. The number of alkyl halides is 1. The number of nitrogens with two attached hydrogens (primary N) is 1. The molecule has 0 aliphatic carbocycles. The lowest BCUT2D eigenvalue weighted by molar-refractivity contribution is 0.499. The molecule has 0 spiro atoms. The summed E-state index contributed by atoms with van der Waals surface area (Å²) in [4.78, 5) is 4.13. The summed E-state index contributed by atoms with van der Waals surface area (Å²) in [5.41, 5.74) is 12.7. The van der Waals surface area contributed by atoms with Gasteiger partial charge in [0, 0.05) is 29.6 Å². The second-order valence-corrected chi connectivity index (χ2v) is 7.63. The minimum absolute atomic E-state index is 0. The average Bonchev–Trinajstić information content (AvgIpc) is 3.18. The van der Waals surface area contributed by atoms with Crippen LogP contribution >= 0.6 is 24.0 Å². The predicted molar refractivity (Wildman–Crippen MR) is 131 cm³/mol. The fourth-order valence-electron chi connectivity index (χ4n) is 3.75. The maximum absolute atomic E-state index is 9.34. The zero-order valence-electron chi connectivity index (χ0n) is 17.4. The van der Waals surface area contributed by atoms with Gasteiger partial charge in [-0.2, -0.15) is 10.4 Å². The van der Waals surface area contributed by atoms with Gasteiger partial charge in [0.25, 0.3) is 0 Å². The number of rotatable bonds is 7. The van der Waals surface area contributed by atoms with Crippen LogP contribution in [0, 0.1) is 11.3 Å². The molecule has 5 nitrogen and oxygen atoms in total. The Balaban J connectivity index is 0.00000289. The molecule has 0 aliphatic rings. The van der Waals surface area contributed by atoms with Gasteiger partial charge in [-0.15, -0.1) is 24.0 Å². The summed E-state index contributed by atoms with van der Waals surface area (Å²) >= 11 is 6.42. The summed E-state index contributed by atoms with van der Waals surface area (Å²) in [6, 6.07) is 23.6. The van der Waals surface area contributed by atoms with E-state index in [9.17, 15) is 5.26 Å². The molecule has 0 fully saturated rings. The number of nitrogens with zero attached hydrogens (tertiary/aromatic N) is 4. The molecule has 2 N–H and O–H groups in total. The van der Waals surface area contributed by atoms with Crippen molar-refractivity contribution in [3.8, 4) is 28.5 Å². The van der Waals surface area contributed by atoms with E-state index in [1.54, 1.807) is 18.5 Å². The van der Waals surface area contributed by atoms with E-state index in [2.05, 4.69) is 23.2 Å². The van der Waals surface area contributed by atoms with Crippen LogP contribution in [0.2, 0.25) is 0 Å². The summed E-state index contributed by atoms with van der Waals surface area (Å²) in [6.45, 7) is 0.535. The van der Waals surface area contributed by atoms with Crippen LogP contribution in [0.25, 0.3) is 22.4 Å². The minimum atomic E-state index is -0.118. The first-order valence-electron chi connectivity index (χ1n) is 10.1. The number of halogens is 2. The van der Waals surface area contributed by atoms with Gasteiger partial charge in [-0.05, 0) is 41.8 Å². The summed E-state index contributed by atoms with van der Waals surface area (Å²) in [5, 5.41) is 14.2. The standard InChI is InChI=1S/C25H22ClN5.ClH/c26-15-23-24(20-9-11-29-12-10-20)25(21-8-4-7-19(13-21)16-27)30-31(23)17-22(28)14-18-5-2-1-3-6-18;/h1-13,22H,14-15,17,28H2;1H/t22-;/m1./s1. The van der Waals surface area contributed by atoms with Crippen LogP contribution in [-0.2, 0) is 18.8 Å². The van der Waals surface area contributed by atoms with Crippen LogP contribution < -0.4 is 5.73 Å². The fourth-order valence-corrected chi connectivity index (χ4v) is 4.02. The zero-order valence-corrected chi connectivity index (χ0v) is 18.9. The van der Waals surface area contributed by atoms with Gasteiger partial charge in [-0.1, -0.05) is 42.5 Å². The van der Waals surface area contributed by atoms with Crippen molar-refractivity contribution in [1.82, 2.24) is 14.8 Å². The molecule has 162 valence electrons. The molecular weight excluding hydrogens is 441 g/mol. The van der Waals surface area contributed by atoms with Crippen molar-refractivity contribution in [3.63, 3.8) is 0 Å². The number of hydrogen-bond acceptors (Lipinski definition) is 4. The Bertz CT molecular complexity index is 1200. The predicted octanol–water partition coefficient (Wildman–Crippen LogP) is 5.21. The van der Waals surface area contributed by atoms with Gasteiger partial charge in [-0.3, -0.25) is 9.67 Å². The summed E-state index contributed by atoms with van der Waals surface area (Å²) < 4.78 is 1.91. The van der Waals surface area contributed by atoms with Crippen molar-refractivity contribution in [1.29, 1.82) is 5.26 Å². The lowest BCUT2D eigenvalue weighted by Crippen LogP contribution is -2.29. The van der Waals surface area contributed by atoms with Crippen molar-refractivity contribution in [2.75, 3.05) is 0 Å². The molecule has 0 amide bonds. The topological polar surface area (TPSA) is 80.5 Å². The van der Waals surface area contributed by atoms with Gasteiger partial charge in [0.1, 0.15) is 5.69 Å². The summed E-state index contributed by atoms with van der Waals surface area (Å²) in [7, 11) is 0. The third kappa shape index (κ3) is 5.17. The Morgan fingerprint density at radius 2 is 1.75 bits per heavy atom. The van der Waals surface area contributed by atoms with E-state index in [1.807, 2.05) is 53.2 Å². The van der Waals surface area contributed by atoms with Gasteiger partial charge >= 0.3 is 0 Å². The quantitative estimate of drug-likeness (QED) is 0.381. The number of hydrogen-bond donors (Lipinski definition) is 1. The van der Waals surface area contributed by atoms with Crippen LogP contribution in [0.5, 0.6) is 0 Å². The number of pyridine rings is 1. The molecule has 0 aliphatic heterocycles. The highest BCUT2D eigenvalue weighted by atomic mass is 35.5. The van der Waals surface area contributed by atoms with E-state index in [-0.39, 0.29) is 18.4 Å². The molecule has 4 aromatic rings. The SMILES string of the molecule is Cl.N#Cc1cccc(-c2nn(C[C@H](N)Cc3ccccc3)c(CCl)c2-c2ccncc2)c1. The Kier molecular flexibility index (Phi) is 8.02. The lowest BCUT2D eigenvalue weighted by atomic mass is 9.99. The maximum Gasteiger partial charge on any atom is 0.100 e. The van der Waals surface area contributed by atoms with Crippen molar-refractivity contribution in [2.45, 2.75) is 24.9 Å². The van der Waals surface area contributed by atoms with E-state index >= 15 is 0 Å². The fraction of sp³-hybridized carbons (Fsp3) is 0.160. The summed E-state index contributed by atoms with van der Waals surface area (Å²) in [6.07, 6.45) is 4.24. The second-order valence-electron chi connectivity index (χ2n) is 7.36.